The van der Waals surface area contributed by atoms with Crippen molar-refractivity contribution in [2.75, 3.05) is 26.6 Å². The Balaban J connectivity index is 1.87. The average molecular weight is 498 g/mol. The summed E-state index contributed by atoms with van der Waals surface area (Å²) >= 11 is 0. The lowest BCUT2D eigenvalue weighted by molar-refractivity contribution is -0.119. The highest BCUT2D eigenvalue weighted by Crippen LogP contribution is 2.36. The van der Waals surface area contributed by atoms with Crippen molar-refractivity contribution < 1.29 is 28.6 Å². The van der Waals surface area contributed by atoms with Crippen LogP contribution in [0.1, 0.15) is 28.4 Å². The van der Waals surface area contributed by atoms with Gasteiger partial charge in [-0.1, -0.05) is 36.4 Å². The second kappa shape index (κ2) is 10.5. The fourth-order valence-electron chi connectivity index (χ4n) is 4.46. The number of carbonyl (C=O) groups excluding carboxylic acids is 3. The molecule has 37 heavy (non-hydrogen) atoms. The van der Waals surface area contributed by atoms with Crippen molar-refractivity contribution >= 4 is 28.7 Å². The summed E-state index contributed by atoms with van der Waals surface area (Å²) < 4.78 is 15.6. The molecule has 0 spiro atoms. The van der Waals surface area contributed by atoms with E-state index in [2.05, 4.69) is 5.32 Å². The molecule has 188 valence electrons. The van der Waals surface area contributed by atoms with Gasteiger partial charge in [0.05, 0.1) is 21.3 Å². The van der Waals surface area contributed by atoms with Crippen LogP contribution in [0, 0.1) is 6.92 Å². The van der Waals surface area contributed by atoms with Crippen LogP contribution in [0.4, 0.5) is 5.69 Å². The third kappa shape index (κ3) is 4.76. The molecule has 0 aromatic heterocycles. The lowest BCUT2D eigenvalue weighted by atomic mass is 9.84. The number of methoxy groups -OCH3 is 3. The molecule has 7 heteroatoms. The Morgan fingerprint density at radius 3 is 1.95 bits per heavy atom. The minimum atomic E-state index is -0.482. The number of aryl methyl sites for hydroxylation is 1. The third-order valence-electron chi connectivity index (χ3n) is 6.25. The van der Waals surface area contributed by atoms with Crippen molar-refractivity contribution in [3.63, 3.8) is 0 Å². The molecule has 0 radical (unpaired) electrons. The molecule has 4 rings (SSSR count). The van der Waals surface area contributed by atoms with Gasteiger partial charge in [0.1, 0.15) is 5.75 Å². The molecular weight excluding hydrogens is 470 g/mol. The van der Waals surface area contributed by atoms with Crippen LogP contribution in [0.3, 0.4) is 0 Å². The van der Waals surface area contributed by atoms with Crippen LogP contribution in [0.5, 0.6) is 5.75 Å². The summed E-state index contributed by atoms with van der Waals surface area (Å²) in [5, 5.41) is 2.93. The second-order valence-corrected chi connectivity index (χ2v) is 8.49. The van der Waals surface area contributed by atoms with Crippen molar-refractivity contribution in [1.82, 2.24) is 0 Å². The molecule has 0 aliphatic heterocycles. The van der Waals surface area contributed by atoms with Gasteiger partial charge in [0.2, 0.25) is 23.1 Å². The zero-order valence-electron chi connectivity index (χ0n) is 21.3. The number of hydrogen-bond acceptors (Lipinski definition) is 6. The summed E-state index contributed by atoms with van der Waals surface area (Å²) in [6, 6.07) is 20.0. The van der Waals surface area contributed by atoms with E-state index in [-0.39, 0.29) is 28.6 Å². The Hall–Kier alpha value is -4.65. The van der Waals surface area contributed by atoms with Gasteiger partial charge in [-0.15, -0.1) is 0 Å². The lowest BCUT2D eigenvalue weighted by Crippen LogP contribution is -2.24. The normalized spacial score (nSPS) is 13.5. The standard InChI is InChI=1S/C30H27NO6/c1-17-15-20(25-18(2)26(32)28(36-4)29(37-5)27(25)33)16-23(24(17)19-9-7-6-8-10-19)30(34)31-21-11-13-22(35-3)14-12-21/h6-16H,1-5H3,(H,31,34). The first-order valence-corrected chi connectivity index (χ1v) is 11.6. The van der Waals surface area contributed by atoms with Crippen LogP contribution in [-0.2, 0) is 19.1 Å². The predicted octanol–water partition coefficient (Wildman–Crippen LogP) is 5.35. The zero-order valence-corrected chi connectivity index (χ0v) is 21.3. The fraction of sp³-hybridized carbons (Fsp3) is 0.167. The lowest BCUT2D eigenvalue weighted by Gasteiger charge is -2.22. The first kappa shape index (κ1) is 25.4. The first-order valence-electron chi connectivity index (χ1n) is 11.6. The summed E-state index contributed by atoms with van der Waals surface area (Å²) in [5.41, 5.74) is 4.12. The maximum atomic E-state index is 13.6. The van der Waals surface area contributed by atoms with Crippen molar-refractivity contribution in [2.24, 2.45) is 0 Å². The van der Waals surface area contributed by atoms with Gasteiger partial charge in [-0.05, 0) is 66.4 Å². The van der Waals surface area contributed by atoms with E-state index >= 15 is 0 Å². The van der Waals surface area contributed by atoms with Gasteiger partial charge < -0.3 is 19.5 Å². The van der Waals surface area contributed by atoms with Crippen LogP contribution < -0.4 is 10.1 Å². The summed E-state index contributed by atoms with van der Waals surface area (Å²) in [4.78, 5) is 40.0. The van der Waals surface area contributed by atoms with Crippen LogP contribution in [0.25, 0.3) is 16.7 Å². The summed E-state index contributed by atoms with van der Waals surface area (Å²) in [6.07, 6.45) is 0. The van der Waals surface area contributed by atoms with E-state index in [1.54, 1.807) is 44.4 Å². The van der Waals surface area contributed by atoms with Gasteiger partial charge in [0, 0.05) is 22.4 Å². The van der Waals surface area contributed by atoms with Crippen molar-refractivity contribution in [2.45, 2.75) is 13.8 Å². The van der Waals surface area contributed by atoms with E-state index in [0.29, 0.717) is 22.6 Å². The van der Waals surface area contributed by atoms with E-state index < -0.39 is 11.6 Å². The third-order valence-corrected chi connectivity index (χ3v) is 6.25. The molecule has 0 unspecified atom stereocenters. The van der Waals surface area contributed by atoms with Crippen LogP contribution >= 0.6 is 0 Å². The number of Topliss-reactive ketones (excluding diaryl/α,β-unsaturated/α-hetero) is 2. The molecule has 0 heterocycles. The number of amides is 1. The molecule has 1 aliphatic carbocycles. The van der Waals surface area contributed by atoms with Crippen molar-refractivity contribution in [1.29, 1.82) is 0 Å². The van der Waals surface area contributed by atoms with E-state index in [1.165, 1.54) is 14.2 Å². The number of hydrogen-bond donors (Lipinski definition) is 1. The minimum Gasteiger partial charge on any atom is -0.497 e. The molecule has 0 saturated carbocycles. The number of allylic oxidation sites excluding steroid dienone is 2. The Morgan fingerprint density at radius 1 is 0.730 bits per heavy atom. The van der Waals surface area contributed by atoms with Crippen LogP contribution in [0.2, 0.25) is 0 Å². The Morgan fingerprint density at radius 2 is 1.35 bits per heavy atom. The molecular formula is C30H27NO6. The van der Waals surface area contributed by atoms with Gasteiger partial charge >= 0.3 is 0 Å². The fourth-order valence-corrected chi connectivity index (χ4v) is 4.46. The number of ether oxygens (including phenoxy) is 3. The number of anilines is 1. The second-order valence-electron chi connectivity index (χ2n) is 8.49. The Kier molecular flexibility index (Phi) is 7.25. The summed E-state index contributed by atoms with van der Waals surface area (Å²) in [5.74, 6) is -0.915. The van der Waals surface area contributed by atoms with Crippen molar-refractivity contribution in [3.05, 3.63) is 101 Å². The molecule has 1 N–H and O–H groups in total. The van der Waals surface area contributed by atoms with Crippen molar-refractivity contribution in [3.8, 4) is 16.9 Å². The van der Waals surface area contributed by atoms with Crippen LogP contribution in [-0.4, -0.2) is 38.8 Å². The molecule has 1 aliphatic rings. The van der Waals surface area contributed by atoms with Gasteiger partial charge in [-0.3, -0.25) is 14.4 Å². The van der Waals surface area contributed by atoms with Crippen LogP contribution in [0.15, 0.2) is 83.8 Å². The molecule has 1 amide bonds. The topological polar surface area (TPSA) is 90.9 Å². The van der Waals surface area contributed by atoms with Gasteiger partial charge in [-0.25, -0.2) is 0 Å². The average Bonchev–Trinajstić information content (AvgIpc) is 2.91. The number of rotatable bonds is 7. The highest BCUT2D eigenvalue weighted by atomic mass is 16.5. The Bertz CT molecular complexity index is 1450. The quantitative estimate of drug-likeness (QED) is 0.443. The van der Waals surface area contributed by atoms with Gasteiger partial charge in [-0.2, -0.15) is 0 Å². The maximum Gasteiger partial charge on any atom is 0.256 e. The summed E-state index contributed by atoms with van der Waals surface area (Å²) in [6.45, 7) is 3.44. The number of carbonyl (C=O) groups is 3. The maximum absolute atomic E-state index is 13.6. The smallest absolute Gasteiger partial charge is 0.256 e. The predicted molar refractivity (Wildman–Crippen MR) is 141 cm³/mol. The number of ketones is 2. The Labute approximate surface area is 215 Å². The van der Waals surface area contributed by atoms with Gasteiger partial charge in [0.15, 0.2) is 0 Å². The van der Waals surface area contributed by atoms with E-state index in [4.69, 9.17) is 14.2 Å². The van der Waals surface area contributed by atoms with E-state index in [9.17, 15) is 14.4 Å². The molecule has 0 saturated heterocycles. The molecule has 0 atom stereocenters. The highest BCUT2D eigenvalue weighted by Gasteiger charge is 2.36. The van der Waals surface area contributed by atoms with E-state index in [1.807, 2.05) is 43.3 Å². The summed E-state index contributed by atoms with van der Waals surface area (Å²) in [7, 11) is 4.20. The largest absolute Gasteiger partial charge is 0.497 e. The monoisotopic (exact) mass is 497 g/mol. The molecule has 3 aromatic rings. The van der Waals surface area contributed by atoms with Gasteiger partial charge in [0.25, 0.3) is 5.91 Å². The SMILES string of the molecule is COC1=C(OC)C(=O)C(c2cc(C)c(-c3ccccc3)c(C(=O)Nc3ccc(OC)cc3)c2)=C(C)C1=O. The molecule has 0 bridgehead atoms. The molecule has 0 fully saturated rings. The van der Waals surface area contributed by atoms with E-state index in [0.717, 1.165) is 16.7 Å². The highest BCUT2D eigenvalue weighted by molar-refractivity contribution is 6.38. The minimum absolute atomic E-state index is 0.135. The number of benzene rings is 3. The molecule has 3 aromatic carbocycles. The zero-order chi connectivity index (χ0) is 26.7. The first-order chi connectivity index (χ1) is 17.8. The number of nitrogens with one attached hydrogen (secondary N) is 1. The molecule has 7 nitrogen and oxygen atoms in total.